The van der Waals surface area contributed by atoms with Crippen LogP contribution in [0.2, 0.25) is 0 Å². The first kappa shape index (κ1) is 32.8. The third-order valence-corrected chi connectivity index (χ3v) is 5.42. The normalized spacial score (nSPS) is 13.3. The Labute approximate surface area is 234 Å². The van der Waals surface area contributed by atoms with Crippen molar-refractivity contribution in [3.8, 4) is 24.3 Å². The van der Waals surface area contributed by atoms with Crippen LogP contribution in [0.5, 0.6) is 11.5 Å². The van der Waals surface area contributed by atoms with Gasteiger partial charge in [-0.05, 0) is 0 Å². The smallest absolute Gasteiger partial charge is 0.652 e. The van der Waals surface area contributed by atoms with Gasteiger partial charge in [-0.2, -0.15) is 0 Å². The summed E-state index contributed by atoms with van der Waals surface area (Å²) in [6.45, 7) is 2.28. The second kappa shape index (κ2) is 13.8. The Bertz CT molecular complexity index is 1070. The van der Waals surface area contributed by atoms with Crippen LogP contribution in [0.25, 0.3) is 10.6 Å². The number of fused-ring (bicyclic) bond motifs is 2. The molecule has 0 spiro atoms. The Hall–Kier alpha value is -3.15. The molecule has 0 fully saturated rings. The molecule has 2 aliphatic rings. The van der Waals surface area contributed by atoms with Crippen molar-refractivity contribution in [1.82, 2.24) is 18.9 Å². The average Bonchev–Trinajstić information content (AvgIpc) is 3.37. The van der Waals surface area contributed by atoms with Crippen LogP contribution in [0.1, 0.15) is 41.7 Å². The predicted octanol–water partition coefficient (Wildman–Crippen LogP) is 1.09. The fourth-order valence-electron chi connectivity index (χ4n) is 3.53. The fraction of sp³-hybridized carbons (Fsp3) is 0.364. The van der Waals surface area contributed by atoms with Gasteiger partial charge in [0.1, 0.15) is 11.4 Å². The molecule has 0 aromatic carbocycles. The monoisotopic (exact) mass is 674 g/mol. The van der Waals surface area contributed by atoms with E-state index < -0.39 is 11.8 Å². The molecule has 12 nitrogen and oxygen atoms in total. The molecule has 0 atom stereocenters. The Balaban J connectivity index is 0.000000605. The molecule has 36 heavy (non-hydrogen) atoms. The zero-order valence-corrected chi connectivity index (χ0v) is 23.5. The van der Waals surface area contributed by atoms with Gasteiger partial charge in [0, 0.05) is 52.7 Å². The first-order valence-electron chi connectivity index (χ1n) is 10.1. The van der Waals surface area contributed by atoms with Crippen molar-refractivity contribution in [2.24, 2.45) is 0 Å². The molecule has 4 heterocycles. The number of terminal acetylenes is 1. The van der Waals surface area contributed by atoms with Crippen molar-refractivity contribution < 1.29 is 68.3 Å². The topological polar surface area (TPSA) is 153 Å². The van der Waals surface area contributed by atoms with Gasteiger partial charge in [0.15, 0.2) is 11.5 Å². The largest absolute Gasteiger partial charge is 1.00 e. The molecular weight excluding hydrogens is 646 g/mol. The second-order valence-electron chi connectivity index (χ2n) is 7.38. The van der Waals surface area contributed by atoms with Crippen LogP contribution in [0.3, 0.4) is 0 Å². The molecule has 0 bridgehead atoms. The third kappa shape index (κ3) is 6.15. The summed E-state index contributed by atoms with van der Waals surface area (Å²) in [6, 6.07) is 0. The van der Waals surface area contributed by atoms with E-state index in [2.05, 4.69) is 23.5 Å². The summed E-state index contributed by atoms with van der Waals surface area (Å²) in [5, 5.41) is 26.6. The van der Waals surface area contributed by atoms with Crippen molar-refractivity contribution in [1.29, 1.82) is 0 Å². The van der Waals surface area contributed by atoms with E-state index in [-0.39, 0.29) is 84.8 Å². The summed E-state index contributed by atoms with van der Waals surface area (Å²) < 4.78 is 3.19. The Morgan fingerprint density at radius 3 is 1.33 bits per heavy atom. The van der Waals surface area contributed by atoms with Crippen molar-refractivity contribution in [2.75, 3.05) is 41.3 Å². The van der Waals surface area contributed by atoms with Gasteiger partial charge in [-0.15, -0.1) is 26.9 Å². The van der Waals surface area contributed by atoms with Crippen LogP contribution in [0.15, 0.2) is 12.4 Å². The first-order chi connectivity index (χ1) is 16.1. The number of carbonyl (C=O) groups is 4. The number of likely N-dealkylation sites (N-methyl/N-ethyl adjacent to an activating group) is 2. The summed E-state index contributed by atoms with van der Waals surface area (Å²) in [6.07, 6.45) is 11.0. The molecule has 2 N–H and O–H groups in total. The number of hydrogen-bond acceptors (Lipinski definition) is 6. The van der Waals surface area contributed by atoms with Gasteiger partial charge in [0.25, 0.3) is 11.8 Å². The summed E-state index contributed by atoms with van der Waals surface area (Å²) >= 11 is 0. The van der Waals surface area contributed by atoms with E-state index in [1.165, 1.54) is 36.3 Å². The molecule has 196 valence electrons. The molecule has 2 aliphatic heterocycles. The zero-order chi connectivity index (χ0) is 25.7. The van der Waals surface area contributed by atoms with E-state index in [1.807, 2.05) is 0 Å². The van der Waals surface area contributed by atoms with Crippen LogP contribution in [-0.4, -0.2) is 94.1 Å². The van der Waals surface area contributed by atoms with Gasteiger partial charge in [0.2, 0.25) is 0 Å². The maximum Gasteiger partial charge on any atom is 1.00 e. The number of hydrogen-bond donors (Lipinski definition) is 2. The number of aromatic hydroxyl groups is 2. The molecule has 2 aromatic rings. The van der Waals surface area contributed by atoms with Crippen molar-refractivity contribution in [2.45, 2.75) is 13.1 Å². The maximum atomic E-state index is 11.8. The molecule has 4 rings (SSSR count). The first-order valence-corrected chi connectivity index (χ1v) is 10.1. The molecular formula is C22H26N6O6Ru2. The minimum atomic E-state index is -0.519. The van der Waals surface area contributed by atoms with E-state index in [9.17, 15) is 29.4 Å². The van der Waals surface area contributed by atoms with Gasteiger partial charge in [-0.25, -0.2) is 0 Å². The summed E-state index contributed by atoms with van der Waals surface area (Å²) in [5.74, 6) is -2.14. The molecule has 0 unspecified atom stereocenters. The van der Waals surface area contributed by atoms with Gasteiger partial charge in [-0.3, -0.25) is 9.59 Å². The molecule has 2 radical (unpaired) electrons. The minimum Gasteiger partial charge on any atom is -0.652 e. The van der Waals surface area contributed by atoms with Crippen molar-refractivity contribution in [3.05, 3.63) is 45.5 Å². The average molecular weight is 673 g/mol. The summed E-state index contributed by atoms with van der Waals surface area (Å²) in [7, 11) is 6.02. The summed E-state index contributed by atoms with van der Waals surface area (Å²) in [5.41, 5.74) is 0.504. The Kier molecular flexibility index (Phi) is 12.6. The molecule has 4 amide bonds. The van der Waals surface area contributed by atoms with Crippen LogP contribution in [0, 0.1) is 12.8 Å². The minimum absolute atomic E-state index is 0. The number of rotatable bonds is 2. The van der Waals surface area contributed by atoms with E-state index in [0.29, 0.717) is 26.2 Å². The van der Waals surface area contributed by atoms with Crippen LogP contribution in [0.4, 0.5) is 0 Å². The van der Waals surface area contributed by atoms with Crippen molar-refractivity contribution >= 4 is 23.6 Å². The Morgan fingerprint density at radius 2 is 1.06 bits per heavy atom. The molecule has 0 aliphatic carbocycles. The molecule has 0 saturated carbocycles. The van der Waals surface area contributed by atoms with Crippen LogP contribution < -0.4 is 0 Å². The van der Waals surface area contributed by atoms with Gasteiger partial charge in [0.05, 0.1) is 22.9 Å². The third-order valence-electron chi connectivity index (χ3n) is 5.42. The Morgan fingerprint density at radius 1 is 0.750 bits per heavy atom. The van der Waals surface area contributed by atoms with E-state index in [0.717, 1.165) is 0 Å². The van der Waals surface area contributed by atoms with Crippen molar-refractivity contribution in [3.63, 3.8) is 0 Å². The second-order valence-corrected chi connectivity index (χ2v) is 7.38. The molecule has 0 saturated heterocycles. The quantitative estimate of drug-likeness (QED) is 0.360. The zero-order valence-electron chi connectivity index (χ0n) is 20.1. The van der Waals surface area contributed by atoms with E-state index in [4.69, 9.17) is 0 Å². The standard InChI is InChI=1S/2C10H13N3O3.C2H2.2Ru/c2*1-11-9(15)6-5-13-4-3-12(2)10(16)7(13)8(6)14;1-2;;/h2*5H,3-4H2,1-2H3,(H2,11,14,15,16);1-2H;;/q;;;2*+1/p-2. The van der Waals surface area contributed by atoms with Gasteiger partial charge < -0.3 is 49.4 Å². The maximum absolute atomic E-state index is 11.8. The van der Waals surface area contributed by atoms with Gasteiger partial charge >= 0.3 is 39.0 Å². The number of amides is 4. The number of aromatic nitrogens is 2. The van der Waals surface area contributed by atoms with E-state index in [1.54, 1.807) is 23.2 Å². The predicted molar refractivity (Wildman–Crippen MR) is 123 cm³/mol. The fourth-order valence-corrected chi connectivity index (χ4v) is 3.53. The number of nitrogens with zero attached hydrogens (tertiary/aromatic N) is 6. The molecule has 2 aromatic heterocycles. The van der Waals surface area contributed by atoms with Crippen LogP contribution in [-0.2, 0) is 52.0 Å². The SMILES string of the molecule is C#C.C[N-]C(=O)c1cn2c(c1O)C(=O)N(C)CC2.C[N-]C(=O)c1cn2c(c1O)C(=O)N(C)CC2.[Ru+].[Ru+]. The molecule has 14 heteroatoms. The van der Waals surface area contributed by atoms with E-state index >= 15 is 0 Å². The van der Waals surface area contributed by atoms with Gasteiger partial charge in [-0.1, -0.05) is 0 Å². The van der Waals surface area contributed by atoms with Crippen LogP contribution >= 0.6 is 0 Å². The number of carbonyl (C=O) groups excluding carboxylic acids is 4. The summed E-state index contributed by atoms with van der Waals surface area (Å²) in [4.78, 5) is 49.3.